The zero-order valence-corrected chi connectivity index (χ0v) is 12.3. The average molecular weight is 256 g/mol. The van der Waals surface area contributed by atoms with E-state index in [0.717, 1.165) is 39.3 Å². The Morgan fingerprint density at radius 2 is 2.17 bits per heavy atom. The maximum atomic E-state index is 11.8. The fourth-order valence-corrected chi connectivity index (χ4v) is 2.25. The van der Waals surface area contributed by atoms with E-state index in [4.69, 9.17) is 4.74 Å². The lowest BCUT2D eigenvalue weighted by molar-refractivity contribution is -0.123. The fraction of sp³-hybridized carbons (Fsp3) is 0.929. The highest BCUT2D eigenvalue weighted by Crippen LogP contribution is 2.18. The van der Waals surface area contributed by atoms with Crippen LogP contribution >= 0.6 is 0 Å². The van der Waals surface area contributed by atoms with Crippen molar-refractivity contribution in [2.45, 2.75) is 46.6 Å². The molecule has 0 spiro atoms. The Morgan fingerprint density at radius 1 is 1.44 bits per heavy atom. The number of nitrogens with one attached hydrogen (secondary N) is 1. The molecule has 4 nitrogen and oxygen atoms in total. The SMILES string of the molecule is CCOCCN1CCC(NC(=O)CC(C)(C)C)C1. The highest BCUT2D eigenvalue weighted by Gasteiger charge is 2.25. The van der Waals surface area contributed by atoms with Gasteiger partial charge in [0.05, 0.1) is 6.61 Å². The van der Waals surface area contributed by atoms with Crippen LogP contribution in [0, 0.1) is 5.41 Å². The summed E-state index contributed by atoms with van der Waals surface area (Å²) in [5.74, 6) is 0.180. The van der Waals surface area contributed by atoms with Crippen molar-refractivity contribution < 1.29 is 9.53 Å². The van der Waals surface area contributed by atoms with E-state index in [-0.39, 0.29) is 11.3 Å². The van der Waals surface area contributed by atoms with Crippen LogP contribution in [-0.2, 0) is 9.53 Å². The van der Waals surface area contributed by atoms with Gasteiger partial charge in [0.1, 0.15) is 0 Å². The van der Waals surface area contributed by atoms with Crippen LogP contribution in [0.1, 0.15) is 40.5 Å². The molecule has 0 aromatic carbocycles. The largest absolute Gasteiger partial charge is 0.380 e. The first kappa shape index (κ1) is 15.4. The van der Waals surface area contributed by atoms with Crippen molar-refractivity contribution in [2.24, 2.45) is 5.41 Å². The Bertz CT molecular complexity index is 261. The van der Waals surface area contributed by atoms with E-state index in [2.05, 4.69) is 31.0 Å². The summed E-state index contributed by atoms with van der Waals surface area (Å²) in [6, 6.07) is 0.321. The number of likely N-dealkylation sites (tertiary alicyclic amines) is 1. The lowest BCUT2D eigenvalue weighted by atomic mass is 9.92. The number of carbonyl (C=O) groups is 1. The van der Waals surface area contributed by atoms with E-state index in [9.17, 15) is 4.79 Å². The normalized spacial score (nSPS) is 21.2. The first-order chi connectivity index (χ1) is 8.40. The zero-order valence-electron chi connectivity index (χ0n) is 12.3. The van der Waals surface area contributed by atoms with Crippen molar-refractivity contribution in [2.75, 3.05) is 32.8 Å². The second-order valence-electron chi connectivity index (χ2n) is 6.29. The third-order valence-corrected chi connectivity index (χ3v) is 3.08. The van der Waals surface area contributed by atoms with Crippen LogP contribution in [0.5, 0.6) is 0 Å². The number of hydrogen-bond acceptors (Lipinski definition) is 3. The lowest BCUT2D eigenvalue weighted by Crippen LogP contribution is -2.39. The van der Waals surface area contributed by atoms with E-state index in [0.29, 0.717) is 12.5 Å². The third-order valence-electron chi connectivity index (χ3n) is 3.08. The van der Waals surface area contributed by atoms with E-state index in [1.807, 2.05) is 6.92 Å². The van der Waals surface area contributed by atoms with E-state index in [1.165, 1.54) is 0 Å². The molecule has 1 unspecified atom stereocenters. The molecule has 1 saturated heterocycles. The predicted octanol–water partition coefficient (Wildman–Crippen LogP) is 1.65. The van der Waals surface area contributed by atoms with Crippen LogP contribution in [0.4, 0.5) is 0 Å². The summed E-state index contributed by atoms with van der Waals surface area (Å²) in [5, 5.41) is 3.13. The number of ether oxygens (including phenoxy) is 1. The van der Waals surface area contributed by atoms with Gasteiger partial charge in [-0.3, -0.25) is 9.69 Å². The standard InChI is InChI=1S/C14H28N2O2/c1-5-18-9-8-16-7-6-12(11-16)15-13(17)10-14(2,3)4/h12H,5-11H2,1-4H3,(H,15,17). The Morgan fingerprint density at radius 3 is 2.78 bits per heavy atom. The van der Waals surface area contributed by atoms with Gasteiger partial charge in [-0.05, 0) is 18.8 Å². The van der Waals surface area contributed by atoms with E-state index >= 15 is 0 Å². The Hall–Kier alpha value is -0.610. The van der Waals surface area contributed by atoms with Gasteiger partial charge in [0.25, 0.3) is 0 Å². The average Bonchev–Trinajstić information content (AvgIpc) is 2.63. The molecule has 1 atom stereocenters. The monoisotopic (exact) mass is 256 g/mol. The second-order valence-corrected chi connectivity index (χ2v) is 6.29. The van der Waals surface area contributed by atoms with Gasteiger partial charge in [-0.1, -0.05) is 20.8 Å². The quantitative estimate of drug-likeness (QED) is 0.735. The highest BCUT2D eigenvalue weighted by atomic mass is 16.5. The molecule has 1 N–H and O–H groups in total. The molecular formula is C14H28N2O2. The Kier molecular flexibility index (Phi) is 6.09. The molecule has 0 saturated carbocycles. The first-order valence-corrected chi connectivity index (χ1v) is 7.00. The van der Waals surface area contributed by atoms with Gasteiger partial charge in [-0.25, -0.2) is 0 Å². The molecule has 1 aliphatic heterocycles. The van der Waals surface area contributed by atoms with Crippen LogP contribution in [0.15, 0.2) is 0 Å². The van der Waals surface area contributed by atoms with Gasteiger partial charge in [-0.15, -0.1) is 0 Å². The lowest BCUT2D eigenvalue weighted by Gasteiger charge is -2.20. The van der Waals surface area contributed by atoms with Gasteiger partial charge >= 0.3 is 0 Å². The summed E-state index contributed by atoms with van der Waals surface area (Å²) in [5.41, 5.74) is 0.0668. The summed E-state index contributed by atoms with van der Waals surface area (Å²) in [6.45, 7) is 12.9. The van der Waals surface area contributed by atoms with Gasteiger partial charge in [-0.2, -0.15) is 0 Å². The molecular weight excluding hydrogens is 228 g/mol. The van der Waals surface area contributed by atoms with Crippen molar-refractivity contribution in [1.29, 1.82) is 0 Å². The highest BCUT2D eigenvalue weighted by molar-refractivity contribution is 5.76. The number of amides is 1. The smallest absolute Gasteiger partial charge is 0.220 e. The summed E-state index contributed by atoms with van der Waals surface area (Å²) in [7, 11) is 0. The minimum absolute atomic E-state index is 0.0668. The van der Waals surface area contributed by atoms with Crippen molar-refractivity contribution >= 4 is 5.91 Å². The Labute approximate surface area is 111 Å². The van der Waals surface area contributed by atoms with Crippen molar-refractivity contribution in [3.63, 3.8) is 0 Å². The molecule has 1 amide bonds. The molecule has 4 heteroatoms. The number of rotatable bonds is 6. The van der Waals surface area contributed by atoms with E-state index < -0.39 is 0 Å². The molecule has 0 radical (unpaired) electrons. The van der Waals surface area contributed by atoms with Crippen LogP contribution < -0.4 is 5.32 Å². The van der Waals surface area contributed by atoms with Crippen LogP contribution in [-0.4, -0.2) is 49.7 Å². The van der Waals surface area contributed by atoms with Crippen molar-refractivity contribution in [3.05, 3.63) is 0 Å². The topological polar surface area (TPSA) is 41.6 Å². The molecule has 0 aliphatic carbocycles. The molecule has 0 bridgehead atoms. The summed E-state index contributed by atoms with van der Waals surface area (Å²) in [6.07, 6.45) is 1.66. The molecule has 106 valence electrons. The second kappa shape index (κ2) is 7.10. The maximum absolute atomic E-state index is 11.8. The molecule has 1 fully saturated rings. The van der Waals surface area contributed by atoms with Crippen LogP contribution in [0.2, 0.25) is 0 Å². The summed E-state index contributed by atoms with van der Waals surface area (Å²) >= 11 is 0. The van der Waals surface area contributed by atoms with Crippen LogP contribution in [0.3, 0.4) is 0 Å². The summed E-state index contributed by atoms with van der Waals surface area (Å²) in [4.78, 5) is 14.2. The zero-order chi connectivity index (χ0) is 13.6. The predicted molar refractivity (Wildman–Crippen MR) is 73.6 cm³/mol. The number of carbonyl (C=O) groups excluding carboxylic acids is 1. The van der Waals surface area contributed by atoms with Crippen molar-refractivity contribution in [1.82, 2.24) is 10.2 Å². The third kappa shape index (κ3) is 6.36. The van der Waals surface area contributed by atoms with Crippen molar-refractivity contribution in [3.8, 4) is 0 Å². The number of hydrogen-bond donors (Lipinski definition) is 1. The van der Waals surface area contributed by atoms with Gasteiger partial charge in [0.15, 0.2) is 0 Å². The molecule has 1 aliphatic rings. The van der Waals surface area contributed by atoms with Gasteiger partial charge in [0, 0.05) is 38.7 Å². The molecule has 1 rings (SSSR count). The molecule has 18 heavy (non-hydrogen) atoms. The van der Waals surface area contributed by atoms with Crippen LogP contribution in [0.25, 0.3) is 0 Å². The van der Waals surface area contributed by atoms with Gasteiger partial charge in [0.2, 0.25) is 5.91 Å². The summed E-state index contributed by atoms with van der Waals surface area (Å²) < 4.78 is 5.35. The minimum atomic E-state index is 0.0668. The first-order valence-electron chi connectivity index (χ1n) is 7.00. The molecule has 0 aromatic heterocycles. The molecule has 1 heterocycles. The maximum Gasteiger partial charge on any atom is 0.220 e. The van der Waals surface area contributed by atoms with E-state index in [1.54, 1.807) is 0 Å². The molecule has 0 aromatic rings. The number of nitrogens with zero attached hydrogens (tertiary/aromatic N) is 1. The van der Waals surface area contributed by atoms with Gasteiger partial charge < -0.3 is 10.1 Å². The fourth-order valence-electron chi connectivity index (χ4n) is 2.25. The Balaban J connectivity index is 2.19. The minimum Gasteiger partial charge on any atom is -0.380 e.